The zero-order chi connectivity index (χ0) is 27.6. The molecule has 0 aromatic heterocycles. The SMILES string of the molecule is CC(=O)N(c1ccc(Cl)cc1)[C@@H]1C[C@H](C)N(C(=O)c2ccc(N(C)C)cc2)c2cc(OCC(N)=O)ccc21. The number of hydrogen-bond donors (Lipinski definition) is 1. The van der Waals surface area contributed by atoms with E-state index >= 15 is 0 Å². The van der Waals surface area contributed by atoms with Crippen LogP contribution in [0.25, 0.3) is 0 Å². The van der Waals surface area contributed by atoms with Gasteiger partial charge in [-0.05, 0) is 73.5 Å². The van der Waals surface area contributed by atoms with Gasteiger partial charge in [0.05, 0.1) is 11.7 Å². The van der Waals surface area contributed by atoms with E-state index in [1.165, 1.54) is 6.92 Å². The number of rotatable bonds is 7. The molecule has 0 unspecified atom stereocenters. The molecule has 38 heavy (non-hydrogen) atoms. The fourth-order valence-electron chi connectivity index (χ4n) is 4.83. The number of amides is 3. The lowest BCUT2D eigenvalue weighted by Crippen LogP contribution is -2.47. The predicted octanol–water partition coefficient (Wildman–Crippen LogP) is 4.80. The van der Waals surface area contributed by atoms with Crippen LogP contribution in [0.2, 0.25) is 5.02 Å². The molecule has 1 heterocycles. The number of carbonyl (C=O) groups is 3. The van der Waals surface area contributed by atoms with Crippen molar-refractivity contribution in [1.29, 1.82) is 0 Å². The number of fused-ring (bicyclic) bond motifs is 1. The lowest BCUT2D eigenvalue weighted by atomic mass is 9.89. The van der Waals surface area contributed by atoms with Crippen molar-refractivity contribution < 1.29 is 19.1 Å². The van der Waals surface area contributed by atoms with Crippen molar-refractivity contribution in [2.75, 3.05) is 35.4 Å². The molecule has 1 aliphatic heterocycles. The molecule has 1 aliphatic rings. The first-order valence-electron chi connectivity index (χ1n) is 12.3. The molecule has 3 aromatic rings. The van der Waals surface area contributed by atoms with Crippen LogP contribution in [0.3, 0.4) is 0 Å². The highest BCUT2D eigenvalue weighted by atomic mass is 35.5. The number of hydrogen-bond acceptors (Lipinski definition) is 5. The Morgan fingerprint density at radius 2 is 1.63 bits per heavy atom. The van der Waals surface area contributed by atoms with E-state index in [1.54, 1.807) is 46.2 Å². The number of carbonyl (C=O) groups excluding carboxylic acids is 3. The molecule has 8 nitrogen and oxygen atoms in total. The zero-order valence-electron chi connectivity index (χ0n) is 21.8. The number of primary amides is 1. The van der Waals surface area contributed by atoms with Gasteiger partial charge in [0.25, 0.3) is 11.8 Å². The fraction of sp³-hybridized carbons (Fsp3) is 0.276. The maximum absolute atomic E-state index is 13.9. The molecular weight excluding hydrogens is 504 g/mol. The molecule has 0 saturated heterocycles. The van der Waals surface area contributed by atoms with Crippen molar-refractivity contribution in [3.05, 3.63) is 82.9 Å². The molecule has 0 radical (unpaired) electrons. The summed E-state index contributed by atoms with van der Waals surface area (Å²) in [6.45, 7) is 3.19. The Bertz CT molecular complexity index is 1340. The zero-order valence-corrected chi connectivity index (χ0v) is 22.6. The Balaban J connectivity index is 1.80. The summed E-state index contributed by atoms with van der Waals surface area (Å²) in [6.07, 6.45) is 0.512. The van der Waals surface area contributed by atoms with Crippen LogP contribution in [0, 0.1) is 0 Å². The molecule has 2 N–H and O–H groups in total. The first-order valence-corrected chi connectivity index (χ1v) is 12.7. The molecule has 198 valence electrons. The third kappa shape index (κ3) is 5.60. The summed E-state index contributed by atoms with van der Waals surface area (Å²) in [6, 6.07) is 19.2. The van der Waals surface area contributed by atoms with E-state index in [0.29, 0.717) is 34.1 Å². The standard InChI is InChI=1S/C29H31ClN4O4/c1-18-15-26(34(19(2)35)23-11-7-21(30)8-12-23)25-14-13-24(38-17-28(31)36)16-27(25)33(18)29(37)20-5-9-22(10-6-20)32(3)4/h5-14,16,18,26H,15,17H2,1-4H3,(H2,31,36)/t18-,26+/m0/s1. The summed E-state index contributed by atoms with van der Waals surface area (Å²) < 4.78 is 5.57. The van der Waals surface area contributed by atoms with Crippen molar-refractivity contribution in [3.63, 3.8) is 0 Å². The first-order chi connectivity index (χ1) is 18.1. The van der Waals surface area contributed by atoms with Crippen molar-refractivity contribution in [2.24, 2.45) is 5.73 Å². The van der Waals surface area contributed by atoms with E-state index < -0.39 is 5.91 Å². The topological polar surface area (TPSA) is 96.2 Å². The molecule has 0 fully saturated rings. The van der Waals surface area contributed by atoms with E-state index in [9.17, 15) is 14.4 Å². The van der Waals surface area contributed by atoms with Crippen molar-refractivity contribution in [1.82, 2.24) is 0 Å². The molecule has 0 spiro atoms. The van der Waals surface area contributed by atoms with E-state index in [4.69, 9.17) is 22.1 Å². The normalized spacial score (nSPS) is 16.4. The lowest BCUT2D eigenvalue weighted by molar-refractivity contribution is -0.120. The minimum atomic E-state index is -0.603. The molecule has 0 aliphatic carbocycles. The molecule has 0 bridgehead atoms. The van der Waals surface area contributed by atoms with Crippen molar-refractivity contribution in [2.45, 2.75) is 32.4 Å². The second kappa shape index (κ2) is 11.1. The van der Waals surface area contributed by atoms with Gasteiger partial charge in [-0.15, -0.1) is 0 Å². The molecule has 0 saturated carbocycles. The summed E-state index contributed by atoms with van der Waals surface area (Å²) >= 11 is 6.10. The van der Waals surface area contributed by atoms with Gasteiger partial charge in [0.2, 0.25) is 5.91 Å². The number of nitrogens with zero attached hydrogens (tertiary/aromatic N) is 3. The highest BCUT2D eigenvalue weighted by Gasteiger charge is 2.38. The minimum Gasteiger partial charge on any atom is -0.484 e. The fourth-order valence-corrected chi connectivity index (χ4v) is 4.96. The van der Waals surface area contributed by atoms with Crippen molar-refractivity contribution in [3.8, 4) is 5.75 Å². The van der Waals surface area contributed by atoms with Gasteiger partial charge in [-0.25, -0.2) is 0 Å². The third-order valence-electron chi connectivity index (χ3n) is 6.61. The third-order valence-corrected chi connectivity index (χ3v) is 6.86. The van der Waals surface area contributed by atoms with Gasteiger partial charge < -0.3 is 25.2 Å². The number of ether oxygens (including phenoxy) is 1. The smallest absolute Gasteiger partial charge is 0.258 e. The molecular formula is C29H31ClN4O4. The van der Waals surface area contributed by atoms with Gasteiger partial charge in [0.15, 0.2) is 6.61 Å². The van der Waals surface area contributed by atoms with Crippen LogP contribution in [0.5, 0.6) is 5.75 Å². The molecule has 2 atom stereocenters. The van der Waals surface area contributed by atoms with Gasteiger partial charge in [-0.3, -0.25) is 14.4 Å². The number of nitrogens with two attached hydrogens (primary N) is 1. The molecule has 9 heteroatoms. The Hall–Kier alpha value is -4.04. The van der Waals surface area contributed by atoms with E-state index in [1.807, 2.05) is 56.3 Å². The Kier molecular flexibility index (Phi) is 7.92. The first kappa shape index (κ1) is 27.0. The number of halogens is 1. The van der Waals surface area contributed by atoms with Crippen LogP contribution in [0.1, 0.15) is 42.2 Å². The van der Waals surface area contributed by atoms with Crippen LogP contribution in [0.4, 0.5) is 17.1 Å². The van der Waals surface area contributed by atoms with Crippen molar-refractivity contribution >= 4 is 46.4 Å². The summed E-state index contributed by atoms with van der Waals surface area (Å²) in [5, 5.41) is 0.572. The van der Waals surface area contributed by atoms with Crippen LogP contribution < -0.4 is 25.2 Å². The van der Waals surface area contributed by atoms with E-state index in [0.717, 1.165) is 11.3 Å². The van der Waals surface area contributed by atoms with E-state index in [2.05, 4.69) is 0 Å². The highest BCUT2D eigenvalue weighted by Crippen LogP contribution is 2.44. The van der Waals surface area contributed by atoms with Gasteiger partial charge >= 0.3 is 0 Å². The van der Waals surface area contributed by atoms with Gasteiger partial charge in [-0.2, -0.15) is 0 Å². The number of anilines is 3. The quantitative estimate of drug-likeness (QED) is 0.469. The molecule has 3 aromatic carbocycles. The second-order valence-electron chi connectivity index (χ2n) is 9.56. The average Bonchev–Trinajstić information content (AvgIpc) is 2.88. The summed E-state index contributed by atoms with van der Waals surface area (Å²) in [5.41, 5.74) is 8.90. The number of benzene rings is 3. The second-order valence-corrected chi connectivity index (χ2v) is 9.99. The highest BCUT2D eigenvalue weighted by molar-refractivity contribution is 6.30. The Morgan fingerprint density at radius 3 is 2.21 bits per heavy atom. The summed E-state index contributed by atoms with van der Waals surface area (Å²) in [4.78, 5) is 43.5. The predicted molar refractivity (Wildman–Crippen MR) is 150 cm³/mol. The summed E-state index contributed by atoms with van der Waals surface area (Å²) in [5.74, 6) is -0.510. The maximum Gasteiger partial charge on any atom is 0.258 e. The van der Waals surface area contributed by atoms with Crippen LogP contribution in [-0.2, 0) is 9.59 Å². The van der Waals surface area contributed by atoms with Gasteiger partial charge in [-0.1, -0.05) is 17.7 Å². The summed E-state index contributed by atoms with van der Waals surface area (Å²) in [7, 11) is 3.88. The van der Waals surface area contributed by atoms with Crippen LogP contribution in [0.15, 0.2) is 66.7 Å². The lowest BCUT2D eigenvalue weighted by Gasteiger charge is -2.43. The van der Waals surface area contributed by atoms with E-state index in [-0.39, 0.29) is 30.5 Å². The Morgan fingerprint density at radius 1 is 1.00 bits per heavy atom. The maximum atomic E-state index is 13.9. The van der Waals surface area contributed by atoms with Crippen LogP contribution >= 0.6 is 11.6 Å². The molecule has 3 amide bonds. The monoisotopic (exact) mass is 534 g/mol. The van der Waals surface area contributed by atoms with Crippen LogP contribution in [-0.4, -0.2) is 44.5 Å². The van der Waals surface area contributed by atoms with Gasteiger partial charge in [0.1, 0.15) is 5.75 Å². The average molecular weight is 535 g/mol. The Labute approximate surface area is 227 Å². The largest absolute Gasteiger partial charge is 0.484 e. The van der Waals surface area contributed by atoms with Gasteiger partial charge in [0, 0.05) is 55.1 Å². The minimum absolute atomic E-state index is 0.136. The molecule has 4 rings (SSSR count).